The van der Waals surface area contributed by atoms with Gasteiger partial charge in [-0.3, -0.25) is 9.97 Å². The Morgan fingerprint density at radius 3 is 1.69 bits per heavy atom. The van der Waals surface area contributed by atoms with Crippen molar-refractivity contribution in [3.63, 3.8) is 0 Å². The number of pyridine rings is 3. The molecule has 0 N–H and O–H groups in total. The number of fused-ring (bicyclic) bond motifs is 7. The van der Waals surface area contributed by atoms with Gasteiger partial charge in [-0.05, 0) is 95.1 Å². The van der Waals surface area contributed by atoms with Gasteiger partial charge in [0.15, 0.2) is 17.5 Å². The fourth-order valence-corrected chi connectivity index (χ4v) is 8.59. The van der Waals surface area contributed by atoms with Gasteiger partial charge in [-0.25, -0.2) is 19.9 Å². The van der Waals surface area contributed by atoms with Gasteiger partial charge >= 0.3 is 0 Å². The third kappa shape index (κ3) is 5.98. The van der Waals surface area contributed by atoms with Crippen molar-refractivity contribution < 1.29 is 0 Å². The van der Waals surface area contributed by atoms with Crippen LogP contribution in [0.1, 0.15) is 0 Å². The van der Waals surface area contributed by atoms with E-state index in [9.17, 15) is 0 Å². The molecule has 12 rings (SSSR count). The van der Waals surface area contributed by atoms with Crippen LogP contribution < -0.4 is 0 Å². The zero-order valence-electron chi connectivity index (χ0n) is 32.7. The molecule has 0 radical (unpaired) electrons. The van der Waals surface area contributed by atoms with Gasteiger partial charge in [0, 0.05) is 56.3 Å². The third-order valence-corrected chi connectivity index (χ3v) is 11.4. The van der Waals surface area contributed by atoms with Gasteiger partial charge in [-0.15, -0.1) is 0 Å². The number of para-hydroxylation sites is 2. The molecule has 7 nitrogen and oxygen atoms in total. The maximum atomic E-state index is 5.30. The second-order valence-electron chi connectivity index (χ2n) is 15.2. The quantitative estimate of drug-likeness (QED) is 0.156. The lowest BCUT2D eigenvalue weighted by molar-refractivity contribution is 1.07. The van der Waals surface area contributed by atoms with Gasteiger partial charge in [0.25, 0.3) is 0 Å². The summed E-state index contributed by atoms with van der Waals surface area (Å²) in [6.45, 7) is 0. The zero-order valence-corrected chi connectivity index (χ0v) is 32.7. The van der Waals surface area contributed by atoms with Crippen molar-refractivity contribution >= 4 is 54.6 Å². The van der Waals surface area contributed by atoms with E-state index >= 15 is 0 Å². The van der Waals surface area contributed by atoms with Crippen LogP contribution in [0.3, 0.4) is 0 Å². The highest BCUT2D eigenvalue weighted by atomic mass is 15.0. The highest BCUT2D eigenvalue weighted by molar-refractivity contribution is 6.12. The Morgan fingerprint density at radius 1 is 0.328 bits per heavy atom. The van der Waals surface area contributed by atoms with E-state index in [1.165, 1.54) is 0 Å². The summed E-state index contributed by atoms with van der Waals surface area (Å²) in [6.07, 6.45) is 3.66. The number of nitrogens with zero attached hydrogens (tertiary/aromatic N) is 7. The molecule has 7 aromatic carbocycles. The molecule has 284 valence electrons. The molecule has 0 bridgehead atoms. The van der Waals surface area contributed by atoms with Gasteiger partial charge in [0.05, 0.1) is 33.1 Å². The minimum Gasteiger partial charge on any atom is -0.308 e. The Labute approximate surface area is 350 Å². The Morgan fingerprint density at radius 2 is 0.934 bits per heavy atom. The largest absolute Gasteiger partial charge is 0.308 e. The molecule has 0 saturated carbocycles. The molecule has 0 unspecified atom stereocenters. The lowest BCUT2D eigenvalue weighted by Crippen LogP contribution is -2.00. The van der Waals surface area contributed by atoms with Crippen LogP contribution in [0.5, 0.6) is 0 Å². The molecule has 0 saturated heterocycles. The summed E-state index contributed by atoms with van der Waals surface area (Å²) < 4.78 is 2.32. The summed E-state index contributed by atoms with van der Waals surface area (Å²) in [6, 6.07) is 65.1. The van der Waals surface area contributed by atoms with Gasteiger partial charge in [-0.2, -0.15) is 0 Å². The molecule has 7 heteroatoms. The molecule has 0 aliphatic rings. The molecule has 0 amide bonds. The first-order chi connectivity index (χ1) is 30.2. The number of hydrogen-bond acceptors (Lipinski definition) is 6. The Hall–Kier alpha value is -8.42. The van der Waals surface area contributed by atoms with Crippen LogP contribution in [0, 0.1) is 0 Å². The molecule has 0 aliphatic heterocycles. The first kappa shape index (κ1) is 34.6. The first-order valence-electron chi connectivity index (χ1n) is 20.3. The average Bonchev–Trinajstić information content (AvgIpc) is 3.65. The fourth-order valence-electron chi connectivity index (χ4n) is 8.59. The van der Waals surface area contributed by atoms with Crippen molar-refractivity contribution in [1.29, 1.82) is 0 Å². The van der Waals surface area contributed by atoms with E-state index in [1.807, 2.05) is 91.3 Å². The Balaban J connectivity index is 1.14. The highest BCUT2D eigenvalue weighted by Gasteiger charge is 2.19. The summed E-state index contributed by atoms with van der Waals surface area (Å²) in [4.78, 5) is 30.3. The van der Waals surface area contributed by atoms with E-state index in [0.29, 0.717) is 17.5 Å². The first-order valence-corrected chi connectivity index (χ1v) is 20.3. The SMILES string of the molecule is c1ccc(-c2nc(-c3ccccc3)nc(-c3cc(-c4ccc5c(c4)c4nc6ccccc6cc4n5-c4ccccc4)cc(-c4cc5cccnc5c5ncccc45)c3)n2)cc1. The third-order valence-electron chi connectivity index (χ3n) is 11.4. The maximum Gasteiger partial charge on any atom is 0.164 e. The van der Waals surface area contributed by atoms with Crippen LogP contribution in [0.15, 0.2) is 200 Å². The van der Waals surface area contributed by atoms with Crippen LogP contribution in [-0.2, 0) is 0 Å². The van der Waals surface area contributed by atoms with E-state index in [1.54, 1.807) is 0 Å². The van der Waals surface area contributed by atoms with Crippen molar-refractivity contribution in [1.82, 2.24) is 34.5 Å². The molecule has 61 heavy (non-hydrogen) atoms. The Kier molecular flexibility index (Phi) is 8.03. The molecule has 0 aliphatic carbocycles. The van der Waals surface area contributed by atoms with Crippen molar-refractivity contribution in [3.05, 3.63) is 200 Å². The van der Waals surface area contributed by atoms with Crippen molar-refractivity contribution in [3.8, 4) is 62.1 Å². The summed E-state index contributed by atoms with van der Waals surface area (Å²) in [7, 11) is 0. The predicted molar refractivity (Wildman–Crippen MR) is 247 cm³/mol. The summed E-state index contributed by atoms with van der Waals surface area (Å²) >= 11 is 0. The van der Waals surface area contributed by atoms with Crippen molar-refractivity contribution in [2.45, 2.75) is 0 Å². The van der Waals surface area contributed by atoms with Crippen LogP contribution in [0.25, 0.3) is 117 Å². The summed E-state index contributed by atoms with van der Waals surface area (Å²) in [5.74, 6) is 1.79. The lowest BCUT2D eigenvalue weighted by atomic mass is 9.92. The normalized spacial score (nSPS) is 11.6. The lowest BCUT2D eigenvalue weighted by Gasteiger charge is -2.15. The summed E-state index contributed by atoms with van der Waals surface area (Å²) in [5.41, 5.74) is 13.7. The number of benzene rings is 7. The molecular formula is C54H33N7. The number of aromatic nitrogens is 7. The topological polar surface area (TPSA) is 82.3 Å². The molecule has 0 fully saturated rings. The van der Waals surface area contributed by atoms with E-state index in [4.69, 9.17) is 29.9 Å². The second-order valence-corrected chi connectivity index (χ2v) is 15.2. The van der Waals surface area contributed by atoms with E-state index in [2.05, 4.69) is 114 Å². The molecule has 12 aromatic rings. The highest BCUT2D eigenvalue weighted by Crippen LogP contribution is 2.40. The van der Waals surface area contributed by atoms with Crippen LogP contribution in [0.4, 0.5) is 0 Å². The zero-order chi connectivity index (χ0) is 40.3. The summed E-state index contributed by atoms with van der Waals surface area (Å²) in [5, 5.41) is 4.20. The monoisotopic (exact) mass is 779 g/mol. The number of hydrogen-bond donors (Lipinski definition) is 0. The minimum absolute atomic E-state index is 0.579. The van der Waals surface area contributed by atoms with E-state index < -0.39 is 0 Å². The molecule has 5 heterocycles. The maximum absolute atomic E-state index is 5.30. The second kappa shape index (κ2) is 14.1. The van der Waals surface area contributed by atoms with Crippen molar-refractivity contribution in [2.75, 3.05) is 0 Å². The minimum atomic E-state index is 0.579. The molecule has 5 aromatic heterocycles. The van der Waals surface area contributed by atoms with Gasteiger partial charge in [-0.1, -0.05) is 115 Å². The standard InChI is InChI=1S/C54H33N7/c1-4-14-34(15-5-1)52-58-53(35-16-6-2-7-17-35)60-54(59-52)41-29-39(28-40(30-41)44-32-38-19-12-26-55-49(38)51-43(44)22-13-27-56-51)36-24-25-47-45(31-36)50-48(61(47)42-20-8-3-9-21-42)33-37-18-10-11-23-46(37)57-50/h1-33H. The van der Waals surface area contributed by atoms with Gasteiger partial charge in [0.1, 0.15) is 0 Å². The predicted octanol–water partition coefficient (Wildman–Crippen LogP) is 12.9. The molecular weight excluding hydrogens is 747 g/mol. The van der Waals surface area contributed by atoms with E-state index in [-0.39, 0.29) is 0 Å². The van der Waals surface area contributed by atoms with Crippen LogP contribution in [-0.4, -0.2) is 34.5 Å². The average molecular weight is 780 g/mol. The fraction of sp³-hybridized carbons (Fsp3) is 0. The smallest absolute Gasteiger partial charge is 0.164 e. The van der Waals surface area contributed by atoms with Crippen molar-refractivity contribution in [2.24, 2.45) is 0 Å². The van der Waals surface area contributed by atoms with Gasteiger partial charge < -0.3 is 4.57 Å². The van der Waals surface area contributed by atoms with Crippen LogP contribution >= 0.6 is 0 Å². The molecule has 0 atom stereocenters. The van der Waals surface area contributed by atoms with Crippen LogP contribution in [0.2, 0.25) is 0 Å². The van der Waals surface area contributed by atoms with Gasteiger partial charge in [0.2, 0.25) is 0 Å². The molecule has 0 spiro atoms. The number of rotatable bonds is 6. The van der Waals surface area contributed by atoms with E-state index in [0.717, 1.165) is 99.3 Å². The Bertz CT molecular complexity index is 3580.